The van der Waals surface area contributed by atoms with E-state index in [0.717, 1.165) is 0 Å². The standard InChI is InChI=1S/C6H5NO2.C4H5NO3/c8-6(9)5-2-1-3-7-4-5;6-3-1-2-4(7)5(3)8/h1-4H,(H,8,9);8H,1-2H2. The van der Waals surface area contributed by atoms with Gasteiger partial charge in [0.15, 0.2) is 0 Å². The number of imide groups is 1. The van der Waals surface area contributed by atoms with Crippen molar-refractivity contribution in [2.24, 2.45) is 0 Å². The molecule has 1 aliphatic rings. The van der Waals surface area contributed by atoms with Crippen molar-refractivity contribution in [3.8, 4) is 0 Å². The summed E-state index contributed by atoms with van der Waals surface area (Å²) in [6.07, 6.45) is 3.14. The van der Waals surface area contributed by atoms with E-state index in [1.807, 2.05) is 0 Å². The summed E-state index contributed by atoms with van der Waals surface area (Å²) in [5.41, 5.74) is 0.220. The number of pyridine rings is 1. The summed E-state index contributed by atoms with van der Waals surface area (Å²) in [5, 5.41) is 16.9. The van der Waals surface area contributed by atoms with Crippen molar-refractivity contribution in [1.82, 2.24) is 10.0 Å². The topological polar surface area (TPSA) is 108 Å². The van der Waals surface area contributed by atoms with Crippen LogP contribution < -0.4 is 0 Å². The van der Waals surface area contributed by atoms with Gasteiger partial charge in [0.25, 0.3) is 11.8 Å². The molecule has 1 aromatic rings. The monoisotopic (exact) mass is 238 g/mol. The Morgan fingerprint density at radius 2 is 1.88 bits per heavy atom. The summed E-state index contributed by atoms with van der Waals surface area (Å²) in [6, 6.07) is 3.08. The molecule has 0 aliphatic carbocycles. The normalized spacial score (nSPS) is 14.3. The van der Waals surface area contributed by atoms with Crippen molar-refractivity contribution in [2.45, 2.75) is 12.8 Å². The third kappa shape index (κ3) is 3.65. The van der Waals surface area contributed by atoms with Gasteiger partial charge in [0.2, 0.25) is 0 Å². The molecule has 2 amide bonds. The molecule has 0 radical (unpaired) electrons. The molecule has 2 rings (SSSR count). The summed E-state index contributed by atoms with van der Waals surface area (Å²) in [5.74, 6) is -1.95. The van der Waals surface area contributed by atoms with Gasteiger partial charge in [-0.1, -0.05) is 0 Å². The lowest BCUT2D eigenvalue weighted by Crippen LogP contribution is -2.24. The van der Waals surface area contributed by atoms with Gasteiger partial charge in [0.05, 0.1) is 5.56 Å². The first kappa shape index (κ1) is 12.8. The van der Waals surface area contributed by atoms with Crippen molar-refractivity contribution in [1.29, 1.82) is 0 Å². The third-order valence-electron chi connectivity index (χ3n) is 1.93. The number of amides is 2. The van der Waals surface area contributed by atoms with E-state index < -0.39 is 17.8 Å². The van der Waals surface area contributed by atoms with Gasteiger partial charge in [-0.2, -0.15) is 5.06 Å². The van der Waals surface area contributed by atoms with Crippen LogP contribution >= 0.6 is 0 Å². The number of hydrogen-bond acceptors (Lipinski definition) is 5. The predicted molar refractivity (Wildman–Crippen MR) is 54.1 cm³/mol. The number of carbonyl (C=O) groups excluding carboxylic acids is 2. The fourth-order valence-electron chi connectivity index (χ4n) is 1.05. The molecule has 1 aromatic heterocycles. The number of hydroxylamine groups is 2. The number of hydrogen-bond donors (Lipinski definition) is 2. The van der Waals surface area contributed by atoms with Gasteiger partial charge in [0.1, 0.15) is 0 Å². The van der Waals surface area contributed by atoms with E-state index in [1.165, 1.54) is 18.5 Å². The second-order valence-electron chi connectivity index (χ2n) is 3.15. The third-order valence-corrected chi connectivity index (χ3v) is 1.93. The average Bonchev–Trinajstić information content (AvgIpc) is 2.62. The first-order valence-electron chi connectivity index (χ1n) is 4.70. The van der Waals surface area contributed by atoms with Crippen LogP contribution in [0, 0.1) is 0 Å². The van der Waals surface area contributed by atoms with Crippen molar-refractivity contribution in [3.63, 3.8) is 0 Å². The zero-order chi connectivity index (χ0) is 12.8. The highest BCUT2D eigenvalue weighted by atomic mass is 16.5. The van der Waals surface area contributed by atoms with E-state index in [2.05, 4.69) is 4.98 Å². The van der Waals surface area contributed by atoms with Gasteiger partial charge in [-0.05, 0) is 12.1 Å². The predicted octanol–water partition coefficient (Wildman–Crippen LogP) is 0.304. The number of carboxylic acid groups (broad SMARTS) is 1. The fourth-order valence-corrected chi connectivity index (χ4v) is 1.05. The maximum atomic E-state index is 10.2. The average molecular weight is 238 g/mol. The number of rotatable bonds is 1. The molecule has 2 N–H and O–H groups in total. The molecule has 1 saturated heterocycles. The van der Waals surface area contributed by atoms with Crippen molar-refractivity contribution < 1.29 is 24.7 Å². The second kappa shape index (κ2) is 5.71. The Kier molecular flexibility index (Phi) is 4.29. The van der Waals surface area contributed by atoms with Gasteiger partial charge in [-0.25, -0.2) is 4.79 Å². The smallest absolute Gasteiger partial charge is 0.337 e. The Bertz CT molecular complexity index is 416. The maximum Gasteiger partial charge on any atom is 0.337 e. The van der Waals surface area contributed by atoms with E-state index in [9.17, 15) is 14.4 Å². The molecule has 0 unspecified atom stereocenters. The lowest BCUT2D eigenvalue weighted by atomic mass is 10.3. The SMILES string of the molecule is O=C(O)c1cccnc1.O=C1CCC(=O)N1O. The molecule has 7 heteroatoms. The molecule has 17 heavy (non-hydrogen) atoms. The van der Waals surface area contributed by atoms with Crippen molar-refractivity contribution >= 4 is 17.8 Å². The van der Waals surface area contributed by atoms with Crippen LogP contribution in [0.15, 0.2) is 24.5 Å². The summed E-state index contributed by atoms with van der Waals surface area (Å²) in [4.78, 5) is 34.3. The van der Waals surface area contributed by atoms with Crippen LogP contribution in [0.5, 0.6) is 0 Å². The molecule has 1 aliphatic heterocycles. The number of nitrogens with zero attached hydrogens (tertiary/aromatic N) is 2. The first-order valence-corrected chi connectivity index (χ1v) is 4.70. The molecule has 90 valence electrons. The Morgan fingerprint density at radius 3 is 2.12 bits per heavy atom. The molecule has 7 nitrogen and oxygen atoms in total. The van der Waals surface area contributed by atoms with Gasteiger partial charge < -0.3 is 5.11 Å². The number of aromatic nitrogens is 1. The summed E-state index contributed by atoms with van der Waals surface area (Å²) < 4.78 is 0. The van der Waals surface area contributed by atoms with E-state index in [0.29, 0.717) is 0 Å². The van der Waals surface area contributed by atoms with E-state index in [4.69, 9.17) is 10.3 Å². The Morgan fingerprint density at radius 1 is 1.29 bits per heavy atom. The minimum atomic E-state index is -0.942. The largest absolute Gasteiger partial charge is 0.478 e. The summed E-state index contributed by atoms with van der Waals surface area (Å²) >= 11 is 0. The highest BCUT2D eigenvalue weighted by Gasteiger charge is 2.26. The van der Waals surface area contributed by atoms with Gasteiger partial charge in [-0.3, -0.25) is 19.8 Å². The van der Waals surface area contributed by atoms with E-state index >= 15 is 0 Å². The molecule has 0 atom stereocenters. The zero-order valence-corrected chi connectivity index (χ0v) is 8.74. The lowest BCUT2D eigenvalue weighted by molar-refractivity contribution is -0.171. The van der Waals surface area contributed by atoms with Crippen molar-refractivity contribution in [3.05, 3.63) is 30.1 Å². The number of carbonyl (C=O) groups is 3. The molecule has 0 aromatic carbocycles. The Balaban J connectivity index is 0.000000171. The molecule has 1 fully saturated rings. The Labute approximate surface area is 96.3 Å². The summed E-state index contributed by atoms with van der Waals surface area (Å²) in [7, 11) is 0. The van der Waals surface area contributed by atoms with Crippen LogP contribution in [-0.4, -0.2) is 38.1 Å². The van der Waals surface area contributed by atoms with Crippen LogP contribution in [0.1, 0.15) is 23.2 Å². The highest BCUT2D eigenvalue weighted by Crippen LogP contribution is 2.07. The van der Waals surface area contributed by atoms with Crippen LogP contribution in [0.2, 0.25) is 0 Å². The minimum absolute atomic E-state index is 0.148. The fraction of sp³-hybridized carbons (Fsp3) is 0.200. The zero-order valence-electron chi connectivity index (χ0n) is 8.74. The van der Waals surface area contributed by atoms with Crippen LogP contribution in [0.3, 0.4) is 0 Å². The molecule has 0 saturated carbocycles. The van der Waals surface area contributed by atoms with Crippen molar-refractivity contribution in [2.75, 3.05) is 0 Å². The van der Waals surface area contributed by atoms with Crippen LogP contribution in [0.4, 0.5) is 0 Å². The molecule has 0 spiro atoms. The number of carboxylic acids is 1. The number of aromatic carboxylic acids is 1. The van der Waals surface area contributed by atoms with Gasteiger partial charge in [0, 0.05) is 25.2 Å². The van der Waals surface area contributed by atoms with Crippen LogP contribution in [-0.2, 0) is 9.59 Å². The first-order chi connectivity index (χ1) is 8.02. The molecular formula is C10H10N2O5. The van der Waals surface area contributed by atoms with Crippen LogP contribution in [0.25, 0.3) is 0 Å². The highest BCUT2D eigenvalue weighted by molar-refractivity contribution is 6.00. The van der Waals surface area contributed by atoms with Gasteiger partial charge >= 0.3 is 5.97 Å². The molecule has 0 bridgehead atoms. The quantitative estimate of drug-likeness (QED) is 0.538. The van der Waals surface area contributed by atoms with Gasteiger partial charge in [-0.15, -0.1) is 0 Å². The maximum absolute atomic E-state index is 10.2. The summed E-state index contributed by atoms with van der Waals surface area (Å²) in [6.45, 7) is 0. The minimum Gasteiger partial charge on any atom is -0.478 e. The molecule has 2 heterocycles. The molecular weight excluding hydrogens is 228 g/mol. The van der Waals surface area contributed by atoms with E-state index in [1.54, 1.807) is 6.07 Å². The lowest BCUT2D eigenvalue weighted by Gasteiger charge is -1.98. The van der Waals surface area contributed by atoms with E-state index in [-0.39, 0.29) is 23.5 Å². The second-order valence-corrected chi connectivity index (χ2v) is 3.15. The Hall–Kier alpha value is -2.28.